The van der Waals surface area contributed by atoms with Crippen LogP contribution in [0.2, 0.25) is 0 Å². The van der Waals surface area contributed by atoms with Gasteiger partial charge in [0.15, 0.2) is 0 Å². The number of hydrogen-bond donors (Lipinski definition) is 0. The highest BCUT2D eigenvalue weighted by Gasteiger charge is 2.21. The van der Waals surface area contributed by atoms with Crippen LogP contribution in [0, 0.1) is 0 Å². The van der Waals surface area contributed by atoms with Crippen LogP contribution in [0.5, 0.6) is 0 Å². The quantitative estimate of drug-likeness (QED) is 0.119. The Balaban J connectivity index is 1.02. The summed E-state index contributed by atoms with van der Waals surface area (Å²) in [5.74, 6) is 0. The second-order valence-electron chi connectivity index (χ2n) is 18.3. The van der Waals surface area contributed by atoms with E-state index in [0.717, 1.165) is 0 Å². The van der Waals surface area contributed by atoms with E-state index in [1.807, 2.05) is 0 Å². The summed E-state index contributed by atoms with van der Waals surface area (Å²) in [6, 6.07) is 95.0. The van der Waals surface area contributed by atoms with Crippen molar-refractivity contribution < 1.29 is 0 Å². The summed E-state index contributed by atoms with van der Waals surface area (Å²) >= 11 is 0. The summed E-state index contributed by atoms with van der Waals surface area (Å²) in [6.45, 7) is 0. The van der Waals surface area contributed by atoms with Gasteiger partial charge in [-0.15, -0.1) is 0 Å². The van der Waals surface area contributed by atoms with Crippen LogP contribution in [0.15, 0.2) is 255 Å². The molecule has 0 aliphatic carbocycles. The van der Waals surface area contributed by atoms with Gasteiger partial charge in [0, 0.05) is 0 Å². The van der Waals surface area contributed by atoms with Crippen molar-refractivity contribution >= 4 is 86.2 Å². The van der Waals surface area contributed by atoms with Crippen molar-refractivity contribution in [3.63, 3.8) is 0 Å². The van der Waals surface area contributed by atoms with Crippen molar-refractivity contribution in [1.29, 1.82) is 0 Å². The Morgan fingerprint density at radius 3 is 1.25 bits per heavy atom. The molecule has 0 aliphatic rings. The van der Waals surface area contributed by atoms with Gasteiger partial charge in [-0.2, -0.15) is 0 Å². The molecular formula is C68H42. The molecule has 14 rings (SSSR count). The van der Waals surface area contributed by atoms with E-state index in [1.165, 1.54) is 142 Å². The van der Waals surface area contributed by atoms with Crippen LogP contribution in [0.1, 0.15) is 0 Å². The highest BCUT2D eigenvalue weighted by Crippen LogP contribution is 2.48. The maximum Gasteiger partial charge on any atom is -0.00199 e. The predicted molar refractivity (Wildman–Crippen MR) is 294 cm³/mol. The van der Waals surface area contributed by atoms with Gasteiger partial charge >= 0.3 is 0 Å². The number of hydrogen-bond acceptors (Lipinski definition) is 0. The average molecular weight is 859 g/mol. The van der Waals surface area contributed by atoms with Crippen LogP contribution in [-0.4, -0.2) is 0 Å². The summed E-state index contributed by atoms with van der Waals surface area (Å²) in [5.41, 5.74) is 12.4. The van der Waals surface area contributed by atoms with E-state index in [0.29, 0.717) is 0 Å². The molecule has 0 heterocycles. The fraction of sp³-hybridized carbons (Fsp3) is 0. The maximum absolute atomic E-state index is 2.45. The molecule has 314 valence electrons. The molecule has 0 atom stereocenters. The van der Waals surface area contributed by atoms with E-state index in [1.54, 1.807) is 0 Å². The second-order valence-corrected chi connectivity index (χ2v) is 18.3. The lowest BCUT2D eigenvalue weighted by atomic mass is 9.83. The normalized spacial score (nSPS) is 11.8. The van der Waals surface area contributed by atoms with Gasteiger partial charge in [-0.05, 0) is 184 Å². The lowest BCUT2D eigenvalue weighted by molar-refractivity contribution is 1.62. The number of fused-ring (bicyclic) bond motifs is 10. The average Bonchev–Trinajstić information content (AvgIpc) is 3.41. The molecule has 0 aliphatic heterocycles. The zero-order chi connectivity index (χ0) is 44.7. The first-order valence-electron chi connectivity index (χ1n) is 23.6. The first kappa shape index (κ1) is 38.4. The molecule has 0 aromatic heterocycles. The predicted octanol–water partition coefficient (Wildman–Crippen LogP) is 19.2. The Kier molecular flexibility index (Phi) is 8.69. The van der Waals surface area contributed by atoms with Crippen molar-refractivity contribution in [1.82, 2.24) is 0 Å². The Morgan fingerprint density at radius 2 is 0.559 bits per heavy atom. The highest BCUT2D eigenvalue weighted by molar-refractivity contribution is 6.26. The monoisotopic (exact) mass is 858 g/mol. The lowest BCUT2D eigenvalue weighted by Gasteiger charge is -2.20. The molecule has 14 aromatic rings. The van der Waals surface area contributed by atoms with Crippen LogP contribution >= 0.6 is 0 Å². The van der Waals surface area contributed by atoms with Crippen molar-refractivity contribution in [2.75, 3.05) is 0 Å². The van der Waals surface area contributed by atoms with Gasteiger partial charge in [0.25, 0.3) is 0 Å². The topological polar surface area (TPSA) is 0 Å². The van der Waals surface area contributed by atoms with E-state index in [2.05, 4.69) is 255 Å². The molecule has 0 unspecified atom stereocenters. The zero-order valence-electron chi connectivity index (χ0n) is 37.2. The van der Waals surface area contributed by atoms with Crippen molar-refractivity contribution in [2.24, 2.45) is 0 Å². The third-order valence-corrected chi connectivity index (χ3v) is 14.6. The molecule has 0 bridgehead atoms. The Morgan fingerprint density at radius 1 is 0.147 bits per heavy atom. The van der Waals surface area contributed by atoms with Crippen molar-refractivity contribution in [3.05, 3.63) is 255 Å². The molecule has 0 nitrogen and oxygen atoms in total. The van der Waals surface area contributed by atoms with Gasteiger partial charge in [0.2, 0.25) is 0 Å². The van der Waals surface area contributed by atoms with Gasteiger partial charge in [-0.3, -0.25) is 0 Å². The van der Waals surface area contributed by atoms with E-state index < -0.39 is 0 Å². The zero-order valence-corrected chi connectivity index (χ0v) is 37.2. The van der Waals surface area contributed by atoms with E-state index in [-0.39, 0.29) is 0 Å². The SMILES string of the molecule is c1ccc(-c2cc3ccccc3cc2-c2ccc3c(c2)c(-c2ccc4ccccc4c2)cc2cc(-c4c5ccccc5c(-c5cc6ccccc6c6ccccc56)c5ccccc45)ccc23)cc1. The van der Waals surface area contributed by atoms with E-state index in [9.17, 15) is 0 Å². The lowest BCUT2D eigenvalue weighted by Crippen LogP contribution is -1.93. The fourth-order valence-corrected chi connectivity index (χ4v) is 11.4. The van der Waals surface area contributed by atoms with Crippen molar-refractivity contribution in [2.45, 2.75) is 0 Å². The highest BCUT2D eigenvalue weighted by atomic mass is 14.2. The molecule has 0 heteroatoms. The summed E-state index contributed by atoms with van der Waals surface area (Å²) in [5, 5.41) is 20.0. The van der Waals surface area contributed by atoms with Gasteiger partial charge in [0.05, 0.1) is 0 Å². The molecule has 0 spiro atoms. The van der Waals surface area contributed by atoms with Crippen molar-refractivity contribution in [3.8, 4) is 55.6 Å². The van der Waals surface area contributed by atoms with Crippen LogP contribution in [0.4, 0.5) is 0 Å². The minimum Gasteiger partial charge on any atom is -0.0622 e. The van der Waals surface area contributed by atoms with Crippen LogP contribution in [-0.2, 0) is 0 Å². The summed E-state index contributed by atoms with van der Waals surface area (Å²) in [7, 11) is 0. The maximum atomic E-state index is 2.45. The van der Waals surface area contributed by atoms with Gasteiger partial charge in [-0.1, -0.05) is 212 Å². The molecule has 0 saturated carbocycles. The molecule has 14 aromatic carbocycles. The third kappa shape index (κ3) is 6.08. The first-order valence-corrected chi connectivity index (χ1v) is 23.6. The minimum absolute atomic E-state index is 1.21. The number of rotatable bonds is 5. The minimum atomic E-state index is 1.21. The largest absolute Gasteiger partial charge is 0.0622 e. The molecule has 0 amide bonds. The number of benzene rings is 14. The second kappa shape index (κ2) is 15.4. The molecule has 0 saturated heterocycles. The Labute approximate surface area is 394 Å². The Hall–Kier alpha value is -8.84. The van der Waals surface area contributed by atoms with E-state index >= 15 is 0 Å². The summed E-state index contributed by atoms with van der Waals surface area (Å²) < 4.78 is 0. The van der Waals surface area contributed by atoms with Gasteiger partial charge < -0.3 is 0 Å². The fourth-order valence-electron chi connectivity index (χ4n) is 11.4. The first-order chi connectivity index (χ1) is 33.7. The van der Waals surface area contributed by atoms with Crippen LogP contribution in [0.3, 0.4) is 0 Å². The molecule has 0 radical (unpaired) electrons. The van der Waals surface area contributed by atoms with E-state index in [4.69, 9.17) is 0 Å². The summed E-state index contributed by atoms with van der Waals surface area (Å²) in [6.07, 6.45) is 0. The van der Waals surface area contributed by atoms with Gasteiger partial charge in [-0.25, -0.2) is 0 Å². The smallest absolute Gasteiger partial charge is 0.00199 e. The van der Waals surface area contributed by atoms with Gasteiger partial charge in [0.1, 0.15) is 0 Å². The molecule has 68 heavy (non-hydrogen) atoms. The third-order valence-electron chi connectivity index (χ3n) is 14.6. The molecule has 0 N–H and O–H groups in total. The van der Waals surface area contributed by atoms with Crippen LogP contribution < -0.4 is 0 Å². The molecular weight excluding hydrogens is 817 g/mol. The summed E-state index contributed by atoms with van der Waals surface area (Å²) in [4.78, 5) is 0. The molecule has 0 fully saturated rings. The Bertz CT molecular complexity index is 4310. The standard InChI is InChI=1S/C68H42/c1-2-17-44(18-3-1)62-38-46-20-6-7-21-47(46)39-63(62)50-32-35-57-54-34-33-51(37-52(54)42-64(65(57)40-50)49-31-30-43-16-4-5-19-45(43)36-49)67-58-26-12-14-28-60(58)68(61-29-15-13-27-59(61)67)66-41-48-22-8-9-23-53(48)55-24-10-11-25-56(55)66/h1-42H. The van der Waals surface area contributed by atoms with Crippen LogP contribution in [0.25, 0.3) is 142 Å².